The van der Waals surface area contributed by atoms with Crippen LogP contribution < -0.4 is 5.73 Å². The standard InChI is InChI=1S/C11H15F3N2S3/c1-2-6-9(18-4-3-17-6)8(15)7-5-16-10(19-7)11(12,13)14/h5-6,8-9H,2-4,15H2,1H3. The van der Waals surface area contributed by atoms with E-state index in [0.717, 1.165) is 17.9 Å². The van der Waals surface area contributed by atoms with Gasteiger partial charge in [0.15, 0.2) is 5.01 Å². The second-order valence-corrected chi connectivity index (χ2v) is 7.94. The van der Waals surface area contributed by atoms with Gasteiger partial charge in [0.25, 0.3) is 0 Å². The number of aromatic nitrogens is 1. The van der Waals surface area contributed by atoms with Crippen LogP contribution in [0.2, 0.25) is 0 Å². The predicted octanol–water partition coefficient (Wildman–Crippen LogP) is 3.79. The van der Waals surface area contributed by atoms with E-state index in [0.29, 0.717) is 21.5 Å². The zero-order chi connectivity index (χ0) is 14.0. The van der Waals surface area contributed by atoms with Gasteiger partial charge in [0, 0.05) is 33.1 Å². The first kappa shape index (κ1) is 15.5. The van der Waals surface area contributed by atoms with E-state index in [2.05, 4.69) is 11.9 Å². The third-order valence-corrected chi connectivity index (χ3v) is 7.46. The van der Waals surface area contributed by atoms with Gasteiger partial charge in [-0.25, -0.2) is 4.98 Å². The largest absolute Gasteiger partial charge is 0.443 e. The minimum atomic E-state index is -4.37. The molecule has 1 fully saturated rings. The van der Waals surface area contributed by atoms with Crippen molar-refractivity contribution in [1.82, 2.24) is 4.98 Å². The molecular formula is C11H15F3N2S3. The van der Waals surface area contributed by atoms with Crippen LogP contribution in [0.15, 0.2) is 6.20 Å². The summed E-state index contributed by atoms with van der Waals surface area (Å²) in [5, 5.41) is -0.227. The summed E-state index contributed by atoms with van der Waals surface area (Å²) in [6.07, 6.45) is -2.10. The van der Waals surface area contributed by atoms with Crippen LogP contribution in [-0.2, 0) is 6.18 Å². The quantitative estimate of drug-likeness (QED) is 0.916. The van der Waals surface area contributed by atoms with Crippen molar-refractivity contribution in [1.29, 1.82) is 0 Å². The zero-order valence-electron chi connectivity index (χ0n) is 10.3. The molecule has 1 aliphatic rings. The van der Waals surface area contributed by atoms with Gasteiger partial charge in [0.05, 0.1) is 6.04 Å². The summed E-state index contributed by atoms with van der Waals surface area (Å²) in [5.74, 6) is 2.09. The average molecular weight is 328 g/mol. The number of thiazole rings is 1. The van der Waals surface area contributed by atoms with Crippen molar-refractivity contribution in [2.24, 2.45) is 5.73 Å². The first-order chi connectivity index (χ1) is 8.93. The molecule has 0 bridgehead atoms. The SMILES string of the molecule is CCC1SCCSC1C(N)c1cnc(C(F)(F)F)s1. The Morgan fingerprint density at radius 1 is 1.42 bits per heavy atom. The van der Waals surface area contributed by atoms with Crippen molar-refractivity contribution >= 4 is 34.9 Å². The van der Waals surface area contributed by atoms with Gasteiger partial charge in [-0.1, -0.05) is 6.92 Å². The van der Waals surface area contributed by atoms with E-state index in [1.165, 1.54) is 6.20 Å². The Morgan fingerprint density at radius 3 is 2.68 bits per heavy atom. The minimum absolute atomic E-state index is 0.172. The van der Waals surface area contributed by atoms with E-state index in [9.17, 15) is 13.2 Å². The molecule has 8 heteroatoms. The Kier molecular flexibility index (Phi) is 5.08. The molecule has 1 aromatic heterocycles. The van der Waals surface area contributed by atoms with Crippen LogP contribution in [0, 0.1) is 0 Å². The number of hydrogen-bond donors (Lipinski definition) is 1. The third kappa shape index (κ3) is 3.59. The molecule has 1 aliphatic heterocycles. The lowest BCUT2D eigenvalue weighted by Crippen LogP contribution is -2.35. The highest BCUT2D eigenvalue weighted by molar-refractivity contribution is 8.07. The van der Waals surface area contributed by atoms with Gasteiger partial charge in [-0.05, 0) is 6.42 Å². The summed E-state index contributed by atoms with van der Waals surface area (Å²) in [6, 6.07) is -0.364. The van der Waals surface area contributed by atoms with Crippen molar-refractivity contribution < 1.29 is 13.2 Å². The molecule has 0 aromatic carbocycles. The number of rotatable bonds is 3. The van der Waals surface area contributed by atoms with Crippen LogP contribution in [0.25, 0.3) is 0 Å². The monoisotopic (exact) mass is 328 g/mol. The average Bonchev–Trinajstić information content (AvgIpc) is 2.87. The number of hydrogen-bond acceptors (Lipinski definition) is 5. The molecule has 2 rings (SSSR count). The minimum Gasteiger partial charge on any atom is -0.322 e. The zero-order valence-corrected chi connectivity index (χ0v) is 12.8. The molecule has 19 heavy (non-hydrogen) atoms. The maximum atomic E-state index is 12.5. The molecule has 0 spiro atoms. The van der Waals surface area contributed by atoms with Gasteiger partial charge in [0.2, 0.25) is 0 Å². The molecular weight excluding hydrogens is 313 g/mol. The summed E-state index contributed by atoms with van der Waals surface area (Å²) < 4.78 is 37.6. The fourth-order valence-corrected chi connectivity index (χ4v) is 6.10. The van der Waals surface area contributed by atoms with Crippen LogP contribution >= 0.6 is 34.9 Å². The number of thioether (sulfide) groups is 2. The number of nitrogens with zero attached hydrogens (tertiary/aromatic N) is 1. The Hall–Kier alpha value is 0.0800. The van der Waals surface area contributed by atoms with E-state index in [4.69, 9.17) is 5.73 Å². The van der Waals surface area contributed by atoms with Gasteiger partial charge < -0.3 is 5.73 Å². The van der Waals surface area contributed by atoms with Crippen molar-refractivity contribution in [3.05, 3.63) is 16.1 Å². The van der Waals surface area contributed by atoms with Crippen LogP contribution in [0.3, 0.4) is 0 Å². The van der Waals surface area contributed by atoms with E-state index in [-0.39, 0.29) is 11.3 Å². The Bertz CT molecular complexity index is 422. The van der Waals surface area contributed by atoms with E-state index in [1.807, 2.05) is 11.8 Å². The molecule has 1 saturated heterocycles. The molecule has 3 unspecified atom stereocenters. The van der Waals surface area contributed by atoms with Crippen LogP contribution in [0.4, 0.5) is 13.2 Å². The molecule has 3 atom stereocenters. The maximum absolute atomic E-state index is 12.5. The highest BCUT2D eigenvalue weighted by Gasteiger charge is 2.37. The second kappa shape index (κ2) is 6.24. The van der Waals surface area contributed by atoms with E-state index < -0.39 is 11.2 Å². The first-order valence-electron chi connectivity index (χ1n) is 5.95. The first-order valence-corrected chi connectivity index (χ1v) is 8.86. The van der Waals surface area contributed by atoms with Gasteiger partial charge in [-0.2, -0.15) is 36.7 Å². The van der Waals surface area contributed by atoms with E-state index in [1.54, 1.807) is 11.8 Å². The molecule has 108 valence electrons. The topological polar surface area (TPSA) is 38.9 Å². The smallest absolute Gasteiger partial charge is 0.322 e. The fourth-order valence-electron chi connectivity index (χ4n) is 2.00. The molecule has 0 radical (unpaired) electrons. The Balaban J connectivity index is 2.14. The molecule has 0 saturated carbocycles. The lowest BCUT2D eigenvalue weighted by atomic mass is 10.1. The normalized spacial score (nSPS) is 26.4. The van der Waals surface area contributed by atoms with Gasteiger partial charge >= 0.3 is 6.18 Å². The lowest BCUT2D eigenvalue weighted by Gasteiger charge is -2.33. The molecule has 2 heterocycles. The number of nitrogens with two attached hydrogens (primary N) is 1. The number of alkyl halides is 3. The summed E-state index contributed by atoms with van der Waals surface area (Å²) >= 11 is 4.31. The number of halogens is 3. The van der Waals surface area contributed by atoms with Gasteiger partial charge in [-0.15, -0.1) is 11.3 Å². The Labute approximate surface area is 122 Å². The van der Waals surface area contributed by atoms with Gasteiger partial charge in [-0.3, -0.25) is 0 Å². The van der Waals surface area contributed by atoms with Crippen LogP contribution in [-0.4, -0.2) is 27.0 Å². The summed E-state index contributed by atoms with van der Waals surface area (Å²) in [7, 11) is 0. The fraction of sp³-hybridized carbons (Fsp3) is 0.727. The second-order valence-electron chi connectivity index (χ2n) is 4.24. The highest BCUT2D eigenvalue weighted by Crippen LogP contribution is 2.41. The van der Waals surface area contributed by atoms with Crippen molar-refractivity contribution in [3.8, 4) is 0 Å². The van der Waals surface area contributed by atoms with Crippen molar-refractivity contribution in [2.75, 3.05) is 11.5 Å². The molecule has 0 aliphatic carbocycles. The third-order valence-electron chi connectivity index (χ3n) is 2.94. The maximum Gasteiger partial charge on any atom is 0.443 e. The molecule has 1 aromatic rings. The summed E-state index contributed by atoms with van der Waals surface area (Å²) in [5.41, 5.74) is 6.16. The lowest BCUT2D eigenvalue weighted by molar-refractivity contribution is -0.137. The predicted molar refractivity (Wildman–Crippen MR) is 76.8 cm³/mol. The van der Waals surface area contributed by atoms with Crippen molar-refractivity contribution in [2.45, 2.75) is 36.1 Å². The van der Waals surface area contributed by atoms with E-state index >= 15 is 0 Å². The van der Waals surface area contributed by atoms with Crippen LogP contribution in [0.1, 0.15) is 29.3 Å². The van der Waals surface area contributed by atoms with Gasteiger partial charge in [0.1, 0.15) is 0 Å². The summed E-state index contributed by atoms with van der Waals surface area (Å²) in [6.45, 7) is 2.09. The van der Waals surface area contributed by atoms with Crippen LogP contribution in [0.5, 0.6) is 0 Å². The summed E-state index contributed by atoms with van der Waals surface area (Å²) in [4.78, 5) is 3.98. The Morgan fingerprint density at radius 2 is 2.11 bits per heavy atom. The molecule has 2 N–H and O–H groups in total. The molecule has 2 nitrogen and oxygen atoms in total. The van der Waals surface area contributed by atoms with Crippen molar-refractivity contribution in [3.63, 3.8) is 0 Å². The highest BCUT2D eigenvalue weighted by atomic mass is 32.2. The molecule has 0 amide bonds.